The molecule has 1 unspecified atom stereocenters. The van der Waals surface area contributed by atoms with Gasteiger partial charge in [-0.2, -0.15) is 0 Å². The summed E-state index contributed by atoms with van der Waals surface area (Å²) in [6, 6.07) is 11.8. The molecule has 2 aliphatic rings. The number of methoxy groups -OCH3 is 1. The zero-order valence-corrected chi connectivity index (χ0v) is 18.5. The molecule has 32 heavy (non-hydrogen) atoms. The van der Waals surface area contributed by atoms with Gasteiger partial charge in [-0.25, -0.2) is 0 Å². The molecule has 7 heteroatoms. The van der Waals surface area contributed by atoms with Crippen molar-refractivity contribution in [2.75, 3.05) is 26.9 Å². The van der Waals surface area contributed by atoms with E-state index >= 15 is 0 Å². The zero-order chi connectivity index (χ0) is 22.8. The van der Waals surface area contributed by atoms with Crippen molar-refractivity contribution in [2.24, 2.45) is 0 Å². The van der Waals surface area contributed by atoms with E-state index in [1.807, 2.05) is 38.1 Å². The Labute approximate surface area is 187 Å². The summed E-state index contributed by atoms with van der Waals surface area (Å²) in [5.41, 5.74) is 2.20. The topological polar surface area (TPSA) is 85.3 Å². The summed E-state index contributed by atoms with van der Waals surface area (Å²) in [6.45, 7) is 4.92. The van der Waals surface area contributed by atoms with Gasteiger partial charge in [-0.3, -0.25) is 9.59 Å². The molecule has 1 saturated heterocycles. The maximum absolute atomic E-state index is 13.1. The Morgan fingerprint density at radius 2 is 2.03 bits per heavy atom. The number of amides is 1. The molecule has 1 amide bonds. The number of aliphatic hydroxyl groups is 1. The fourth-order valence-corrected chi connectivity index (χ4v) is 4.17. The van der Waals surface area contributed by atoms with Crippen LogP contribution in [-0.4, -0.2) is 54.7 Å². The lowest BCUT2D eigenvalue weighted by molar-refractivity contribution is -0.140. The van der Waals surface area contributed by atoms with Crippen LogP contribution in [0.3, 0.4) is 0 Å². The highest BCUT2D eigenvalue weighted by Crippen LogP contribution is 2.41. The average molecular weight is 437 g/mol. The Morgan fingerprint density at radius 1 is 1.22 bits per heavy atom. The van der Waals surface area contributed by atoms with Gasteiger partial charge in [-0.15, -0.1) is 0 Å². The molecule has 4 rings (SSSR count). The van der Waals surface area contributed by atoms with Crippen LogP contribution in [0, 0.1) is 0 Å². The summed E-state index contributed by atoms with van der Waals surface area (Å²) in [7, 11) is 1.54. The summed E-state index contributed by atoms with van der Waals surface area (Å²) in [5.74, 6) is -0.163. The molecular formula is C25H27NO6. The number of carbonyl (C=O) groups excluding carboxylic acids is 2. The molecule has 168 valence electrons. The quantitative estimate of drug-likeness (QED) is 0.406. The number of rotatable bonds is 7. The lowest BCUT2D eigenvalue weighted by Gasteiger charge is -2.25. The monoisotopic (exact) mass is 437 g/mol. The van der Waals surface area contributed by atoms with E-state index in [2.05, 4.69) is 0 Å². The number of likely N-dealkylation sites (tertiary alicyclic amines) is 1. The SMILES string of the molecule is COCCN1C(=O)C(=O)/C(=C(\O)c2ccc3c(c2)CCO3)C1c1cccc(OC(C)C)c1. The second-order valence-electron chi connectivity index (χ2n) is 8.15. The minimum absolute atomic E-state index is 0.0289. The largest absolute Gasteiger partial charge is 0.507 e. The highest BCUT2D eigenvalue weighted by molar-refractivity contribution is 6.46. The van der Waals surface area contributed by atoms with Gasteiger partial charge in [-0.1, -0.05) is 12.1 Å². The number of aliphatic hydroxyl groups excluding tert-OH is 1. The summed E-state index contributed by atoms with van der Waals surface area (Å²) in [6.07, 6.45) is 0.704. The number of ketones is 1. The molecule has 0 radical (unpaired) electrons. The van der Waals surface area contributed by atoms with Gasteiger partial charge in [0, 0.05) is 25.6 Å². The van der Waals surface area contributed by atoms with Crippen LogP contribution in [0.15, 0.2) is 48.0 Å². The van der Waals surface area contributed by atoms with E-state index in [4.69, 9.17) is 14.2 Å². The fraction of sp³-hybridized carbons (Fsp3) is 0.360. The van der Waals surface area contributed by atoms with Crippen LogP contribution in [0.1, 0.15) is 36.6 Å². The molecule has 2 aromatic carbocycles. The van der Waals surface area contributed by atoms with Gasteiger partial charge >= 0.3 is 0 Å². The molecule has 1 fully saturated rings. The highest BCUT2D eigenvalue weighted by Gasteiger charge is 2.46. The molecule has 0 aromatic heterocycles. The van der Waals surface area contributed by atoms with Crippen LogP contribution in [-0.2, 0) is 20.7 Å². The van der Waals surface area contributed by atoms with Crippen molar-refractivity contribution in [3.8, 4) is 11.5 Å². The first-order valence-electron chi connectivity index (χ1n) is 10.7. The first-order chi connectivity index (χ1) is 15.4. The lowest BCUT2D eigenvalue weighted by atomic mass is 9.94. The normalized spacial score (nSPS) is 19.4. The maximum Gasteiger partial charge on any atom is 0.295 e. The molecular weight excluding hydrogens is 410 g/mol. The Kier molecular flexibility index (Phi) is 6.19. The summed E-state index contributed by atoms with van der Waals surface area (Å²) < 4.78 is 16.5. The predicted molar refractivity (Wildman–Crippen MR) is 119 cm³/mol. The second kappa shape index (κ2) is 9.04. The van der Waals surface area contributed by atoms with E-state index in [1.165, 1.54) is 12.0 Å². The number of carbonyl (C=O) groups is 2. The second-order valence-corrected chi connectivity index (χ2v) is 8.15. The standard InChI is InChI=1S/C25H27NO6/c1-15(2)32-19-6-4-5-17(14-19)22-21(24(28)25(29)26(22)10-12-30-3)23(27)18-7-8-20-16(13-18)9-11-31-20/h4-8,13-15,22,27H,9-12H2,1-3H3/b23-21-. The van der Waals surface area contributed by atoms with Crippen molar-refractivity contribution in [1.82, 2.24) is 4.90 Å². The molecule has 2 aromatic rings. The van der Waals surface area contributed by atoms with Crippen LogP contribution >= 0.6 is 0 Å². The van der Waals surface area contributed by atoms with E-state index in [-0.39, 0.29) is 30.6 Å². The third-order valence-corrected chi connectivity index (χ3v) is 5.58. The zero-order valence-electron chi connectivity index (χ0n) is 18.5. The first-order valence-corrected chi connectivity index (χ1v) is 10.7. The molecule has 2 heterocycles. The van der Waals surface area contributed by atoms with Crippen molar-refractivity contribution < 1.29 is 28.9 Å². The van der Waals surface area contributed by atoms with Crippen LogP contribution in [0.5, 0.6) is 11.5 Å². The lowest BCUT2D eigenvalue weighted by Crippen LogP contribution is -2.32. The van der Waals surface area contributed by atoms with E-state index in [0.29, 0.717) is 23.5 Å². The van der Waals surface area contributed by atoms with Crippen molar-refractivity contribution in [3.63, 3.8) is 0 Å². The fourth-order valence-electron chi connectivity index (χ4n) is 4.17. The Morgan fingerprint density at radius 3 is 2.78 bits per heavy atom. The third kappa shape index (κ3) is 4.08. The van der Waals surface area contributed by atoms with Gasteiger partial charge in [0.1, 0.15) is 17.3 Å². The van der Waals surface area contributed by atoms with Crippen LogP contribution in [0.25, 0.3) is 5.76 Å². The molecule has 0 spiro atoms. The Balaban J connectivity index is 1.82. The molecule has 1 N–H and O–H groups in total. The maximum atomic E-state index is 13.1. The van der Waals surface area contributed by atoms with Gasteiger partial charge < -0.3 is 24.2 Å². The van der Waals surface area contributed by atoms with Gasteiger partial charge in [-0.05, 0) is 55.3 Å². The summed E-state index contributed by atoms with van der Waals surface area (Å²) >= 11 is 0. The highest BCUT2D eigenvalue weighted by atomic mass is 16.5. The Hall–Kier alpha value is -3.32. The van der Waals surface area contributed by atoms with Crippen LogP contribution in [0.4, 0.5) is 0 Å². The summed E-state index contributed by atoms with van der Waals surface area (Å²) in [5, 5.41) is 11.2. The number of hydrogen-bond donors (Lipinski definition) is 1. The minimum Gasteiger partial charge on any atom is -0.507 e. The molecule has 0 bridgehead atoms. The van der Waals surface area contributed by atoms with Gasteiger partial charge in [0.05, 0.1) is 30.9 Å². The van der Waals surface area contributed by atoms with Gasteiger partial charge in [0.2, 0.25) is 0 Å². The number of nitrogens with zero attached hydrogens (tertiary/aromatic N) is 1. The van der Waals surface area contributed by atoms with E-state index in [0.717, 1.165) is 17.7 Å². The third-order valence-electron chi connectivity index (χ3n) is 5.58. The molecule has 2 aliphatic heterocycles. The predicted octanol–water partition coefficient (Wildman–Crippen LogP) is 3.48. The van der Waals surface area contributed by atoms with Crippen molar-refractivity contribution in [2.45, 2.75) is 32.4 Å². The average Bonchev–Trinajstić information content (AvgIpc) is 3.34. The Bertz CT molecular complexity index is 1070. The number of hydrogen-bond acceptors (Lipinski definition) is 6. The number of ether oxygens (including phenoxy) is 3. The van der Waals surface area contributed by atoms with E-state index in [1.54, 1.807) is 18.2 Å². The molecule has 0 aliphatic carbocycles. The van der Waals surface area contributed by atoms with Crippen LogP contribution < -0.4 is 9.47 Å². The van der Waals surface area contributed by atoms with E-state index in [9.17, 15) is 14.7 Å². The molecule has 7 nitrogen and oxygen atoms in total. The van der Waals surface area contributed by atoms with E-state index < -0.39 is 17.7 Å². The number of Topliss-reactive ketones (excluding diaryl/α,β-unsaturated/α-hetero) is 1. The minimum atomic E-state index is -0.745. The van der Waals surface area contributed by atoms with Gasteiger partial charge in [0.15, 0.2) is 0 Å². The first kappa shape index (κ1) is 21.9. The van der Waals surface area contributed by atoms with Crippen molar-refractivity contribution in [3.05, 3.63) is 64.7 Å². The number of fused-ring (bicyclic) bond motifs is 1. The molecule has 0 saturated carbocycles. The van der Waals surface area contributed by atoms with Crippen molar-refractivity contribution in [1.29, 1.82) is 0 Å². The number of benzene rings is 2. The summed E-state index contributed by atoms with van der Waals surface area (Å²) in [4.78, 5) is 27.4. The van der Waals surface area contributed by atoms with Crippen LogP contribution in [0.2, 0.25) is 0 Å². The molecule has 1 atom stereocenters. The van der Waals surface area contributed by atoms with Crippen molar-refractivity contribution >= 4 is 17.4 Å². The van der Waals surface area contributed by atoms with Gasteiger partial charge in [0.25, 0.3) is 11.7 Å². The smallest absolute Gasteiger partial charge is 0.295 e.